The minimum absolute atomic E-state index is 0.0882. The van der Waals surface area contributed by atoms with Crippen LogP contribution in [0.3, 0.4) is 0 Å². The monoisotopic (exact) mass is 398 g/mol. The quantitative estimate of drug-likeness (QED) is 0.844. The van der Waals surface area contributed by atoms with E-state index in [2.05, 4.69) is 5.32 Å². The van der Waals surface area contributed by atoms with Crippen LogP contribution in [0, 0.1) is 0 Å². The van der Waals surface area contributed by atoms with Gasteiger partial charge in [0.05, 0.1) is 12.2 Å². The topological polar surface area (TPSA) is 58.6 Å². The van der Waals surface area contributed by atoms with Crippen LogP contribution in [0.1, 0.15) is 61.9 Å². The molecule has 3 rings (SSSR count). The van der Waals surface area contributed by atoms with Gasteiger partial charge in [-0.25, -0.2) is 0 Å². The van der Waals surface area contributed by atoms with Gasteiger partial charge in [0, 0.05) is 11.6 Å². The Morgan fingerprint density at radius 2 is 1.75 bits per heavy atom. The minimum Gasteiger partial charge on any atom is -0.353 e. The lowest BCUT2D eigenvalue weighted by Gasteiger charge is -2.41. The molecule has 154 valence electrons. The summed E-state index contributed by atoms with van der Waals surface area (Å²) >= 11 is 0. The molecule has 0 radical (unpaired) electrons. The molecule has 1 aromatic rings. The number of rotatable bonds is 3. The fourth-order valence-corrected chi connectivity index (χ4v) is 3.99. The molecule has 8 heteroatoms. The summed E-state index contributed by atoms with van der Waals surface area (Å²) in [6.45, 7) is 3.74. The molecule has 1 heterocycles. The van der Waals surface area contributed by atoms with Crippen LogP contribution in [0.15, 0.2) is 24.3 Å². The van der Waals surface area contributed by atoms with Crippen molar-refractivity contribution in [2.45, 2.75) is 69.9 Å². The third-order valence-electron chi connectivity index (χ3n) is 5.31. The van der Waals surface area contributed by atoms with E-state index in [0.717, 1.165) is 43.5 Å². The lowest BCUT2D eigenvalue weighted by molar-refractivity contribution is -0.137. The molecule has 5 nitrogen and oxygen atoms in total. The number of nitrogens with one attached hydrogen (secondary N) is 1. The van der Waals surface area contributed by atoms with Crippen molar-refractivity contribution in [3.05, 3.63) is 35.4 Å². The minimum atomic E-state index is -4.47. The highest BCUT2D eigenvalue weighted by atomic mass is 19.4. The van der Waals surface area contributed by atoms with Gasteiger partial charge in [-0.1, -0.05) is 6.42 Å². The van der Waals surface area contributed by atoms with Gasteiger partial charge < -0.3 is 10.1 Å². The Labute approximate surface area is 162 Å². The van der Waals surface area contributed by atoms with E-state index in [1.807, 2.05) is 13.8 Å². The fourth-order valence-electron chi connectivity index (χ4n) is 3.99. The largest absolute Gasteiger partial charge is 0.416 e. The maximum absolute atomic E-state index is 13.3. The van der Waals surface area contributed by atoms with E-state index >= 15 is 0 Å². The number of hydrogen-bond acceptors (Lipinski definition) is 3. The third kappa shape index (κ3) is 4.01. The molecule has 0 aromatic heterocycles. The Morgan fingerprint density at radius 1 is 1.14 bits per heavy atom. The molecule has 2 amide bonds. The van der Waals surface area contributed by atoms with E-state index in [-0.39, 0.29) is 24.1 Å². The summed E-state index contributed by atoms with van der Waals surface area (Å²) in [5.41, 5.74) is -1.56. The van der Waals surface area contributed by atoms with Crippen LogP contribution in [0.4, 0.5) is 13.2 Å². The van der Waals surface area contributed by atoms with E-state index < -0.39 is 29.4 Å². The summed E-state index contributed by atoms with van der Waals surface area (Å²) in [6.07, 6.45) is -0.473. The van der Waals surface area contributed by atoms with Gasteiger partial charge >= 0.3 is 6.18 Å². The molecule has 1 saturated carbocycles. The second-order valence-electron chi connectivity index (χ2n) is 7.75. The molecule has 1 aromatic carbocycles. The summed E-state index contributed by atoms with van der Waals surface area (Å²) in [7, 11) is 0. The van der Waals surface area contributed by atoms with E-state index in [4.69, 9.17) is 4.74 Å². The molecule has 1 aliphatic carbocycles. The molecule has 1 unspecified atom stereocenters. The van der Waals surface area contributed by atoms with Crippen molar-refractivity contribution in [3.63, 3.8) is 0 Å². The number of alkyl halides is 3. The number of carbonyl (C=O) groups is 2. The predicted molar refractivity (Wildman–Crippen MR) is 96.4 cm³/mol. The Balaban J connectivity index is 1.92. The second-order valence-corrected chi connectivity index (χ2v) is 7.75. The standard InChI is InChI=1S/C20H25F3N2O3/c1-13(2)24-17(26)16-12-28-19(10-4-3-5-11-19)25(16)18(27)14-6-8-15(9-7-14)20(21,22)23/h6-9,13,16H,3-5,10-12H2,1-2H3,(H,24,26). The average molecular weight is 398 g/mol. The normalized spacial score (nSPS) is 21.9. The highest BCUT2D eigenvalue weighted by Gasteiger charge is 2.53. The van der Waals surface area contributed by atoms with Crippen molar-refractivity contribution in [2.75, 3.05) is 6.61 Å². The zero-order valence-corrected chi connectivity index (χ0v) is 16.0. The SMILES string of the molecule is CC(C)NC(=O)C1COC2(CCCCC2)N1C(=O)c1ccc(C(F)(F)F)cc1. The van der Waals surface area contributed by atoms with Gasteiger partial charge in [-0.05, 0) is 63.8 Å². The van der Waals surface area contributed by atoms with Crippen LogP contribution in [0.5, 0.6) is 0 Å². The average Bonchev–Trinajstić information content (AvgIpc) is 2.99. The van der Waals surface area contributed by atoms with Crippen molar-refractivity contribution >= 4 is 11.8 Å². The molecule has 28 heavy (non-hydrogen) atoms. The molecule has 0 bridgehead atoms. The van der Waals surface area contributed by atoms with E-state index in [1.54, 1.807) is 0 Å². The highest BCUT2D eigenvalue weighted by Crippen LogP contribution is 2.41. The van der Waals surface area contributed by atoms with Crippen LogP contribution >= 0.6 is 0 Å². The second kappa shape index (κ2) is 7.73. The molecule has 1 aliphatic heterocycles. The molecule has 2 aliphatic rings. The Kier molecular flexibility index (Phi) is 5.70. The number of hydrogen-bond donors (Lipinski definition) is 1. The van der Waals surface area contributed by atoms with Gasteiger partial charge in [-0.2, -0.15) is 13.2 Å². The molecule has 1 saturated heterocycles. The van der Waals surface area contributed by atoms with Crippen molar-refractivity contribution < 1.29 is 27.5 Å². The first-order valence-corrected chi connectivity index (χ1v) is 9.59. The maximum Gasteiger partial charge on any atom is 0.416 e. The van der Waals surface area contributed by atoms with Crippen molar-refractivity contribution in [2.24, 2.45) is 0 Å². The van der Waals surface area contributed by atoms with Crippen LogP contribution in [-0.2, 0) is 15.7 Å². The molecular formula is C20H25F3N2O3. The Hall–Kier alpha value is -2.09. The summed E-state index contributed by atoms with van der Waals surface area (Å²) in [6, 6.07) is 3.21. The predicted octanol–water partition coefficient (Wildman–Crippen LogP) is 3.73. The highest BCUT2D eigenvalue weighted by molar-refractivity contribution is 5.98. The number of benzene rings is 1. The molecule has 1 atom stereocenters. The number of amides is 2. The van der Waals surface area contributed by atoms with E-state index in [1.165, 1.54) is 4.90 Å². The maximum atomic E-state index is 13.3. The lowest BCUT2D eigenvalue weighted by Crippen LogP contribution is -2.57. The smallest absolute Gasteiger partial charge is 0.353 e. The Bertz CT molecular complexity index is 725. The van der Waals surface area contributed by atoms with Crippen molar-refractivity contribution in [1.82, 2.24) is 10.2 Å². The summed E-state index contributed by atoms with van der Waals surface area (Å²) in [5.74, 6) is -0.783. The molecule has 1 spiro atoms. The van der Waals surface area contributed by atoms with E-state index in [0.29, 0.717) is 12.8 Å². The summed E-state index contributed by atoms with van der Waals surface area (Å²) < 4.78 is 44.5. The van der Waals surface area contributed by atoms with Gasteiger partial charge in [0.1, 0.15) is 11.8 Å². The van der Waals surface area contributed by atoms with Gasteiger partial charge in [0.2, 0.25) is 5.91 Å². The first kappa shape index (κ1) is 20.6. The van der Waals surface area contributed by atoms with Crippen LogP contribution in [0.25, 0.3) is 0 Å². The van der Waals surface area contributed by atoms with Crippen LogP contribution in [0.2, 0.25) is 0 Å². The summed E-state index contributed by atoms with van der Waals surface area (Å²) in [5, 5.41) is 2.81. The van der Waals surface area contributed by atoms with Crippen LogP contribution < -0.4 is 5.32 Å². The zero-order chi connectivity index (χ0) is 20.5. The third-order valence-corrected chi connectivity index (χ3v) is 5.31. The number of halogens is 3. The number of ether oxygens (including phenoxy) is 1. The van der Waals surface area contributed by atoms with Gasteiger partial charge in [0.15, 0.2) is 0 Å². The Morgan fingerprint density at radius 3 is 2.29 bits per heavy atom. The number of nitrogens with zero attached hydrogens (tertiary/aromatic N) is 1. The van der Waals surface area contributed by atoms with Crippen molar-refractivity contribution in [3.8, 4) is 0 Å². The first-order chi connectivity index (χ1) is 13.1. The first-order valence-electron chi connectivity index (χ1n) is 9.59. The van der Waals surface area contributed by atoms with Gasteiger partial charge in [-0.15, -0.1) is 0 Å². The zero-order valence-electron chi connectivity index (χ0n) is 16.0. The molecular weight excluding hydrogens is 373 g/mol. The lowest BCUT2D eigenvalue weighted by atomic mass is 9.89. The fraction of sp³-hybridized carbons (Fsp3) is 0.600. The summed E-state index contributed by atoms with van der Waals surface area (Å²) in [4.78, 5) is 27.4. The van der Waals surface area contributed by atoms with Gasteiger partial charge in [0.25, 0.3) is 5.91 Å². The van der Waals surface area contributed by atoms with E-state index in [9.17, 15) is 22.8 Å². The van der Waals surface area contributed by atoms with Gasteiger partial charge in [-0.3, -0.25) is 14.5 Å². The number of carbonyl (C=O) groups excluding carboxylic acids is 2. The van der Waals surface area contributed by atoms with Crippen molar-refractivity contribution in [1.29, 1.82) is 0 Å². The molecule has 1 N–H and O–H groups in total. The molecule has 2 fully saturated rings. The van der Waals surface area contributed by atoms with Crippen LogP contribution in [-0.4, -0.2) is 41.1 Å².